The molecule has 0 unspecified atom stereocenters. The first-order chi connectivity index (χ1) is 39.4. The van der Waals surface area contributed by atoms with Crippen LogP contribution in [-0.4, -0.2) is 122 Å². The molecule has 2 N–H and O–H groups in total. The van der Waals surface area contributed by atoms with Crippen molar-refractivity contribution in [3.8, 4) is 11.3 Å². The lowest BCUT2D eigenvalue weighted by atomic mass is 9.87. The van der Waals surface area contributed by atoms with E-state index in [0.29, 0.717) is 85.0 Å². The monoisotopic (exact) mass is 1270 g/mol. The summed E-state index contributed by atoms with van der Waals surface area (Å²) in [6.45, 7) is 15.8. The van der Waals surface area contributed by atoms with Crippen LogP contribution in [0, 0.1) is 25.7 Å². The molecule has 20 nitrogen and oxygen atoms in total. The predicted octanol–water partition coefficient (Wildman–Crippen LogP) is 12.1. The van der Waals surface area contributed by atoms with Crippen molar-refractivity contribution in [2.45, 2.75) is 117 Å². The maximum Gasteiger partial charge on any atom is 0.534 e. The van der Waals surface area contributed by atoms with Gasteiger partial charge in [-0.25, -0.2) is 39.5 Å². The first-order valence-corrected chi connectivity index (χ1v) is 28.0. The van der Waals surface area contributed by atoms with Crippen molar-refractivity contribution in [3.63, 3.8) is 0 Å². The maximum absolute atomic E-state index is 13.5. The summed E-state index contributed by atoms with van der Waals surface area (Å²) in [5, 5.41) is 5.37. The summed E-state index contributed by atoms with van der Waals surface area (Å²) < 4.78 is 101. The van der Waals surface area contributed by atoms with Gasteiger partial charge in [-0.05, 0) is 76.9 Å². The molecule has 0 spiro atoms. The largest absolute Gasteiger partial charge is 0.534 e. The number of urea groups is 2. The van der Waals surface area contributed by atoms with Crippen LogP contribution in [0.25, 0.3) is 11.3 Å². The topological polar surface area (TPSA) is 227 Å². The first kappa shape index (κ1) is 61.7. The van der Waals surface area contributed by atoms with E-state index in [1.807, 2.05) is 37.5 Å². The van der Waals surface area contributed by atoms with Crippen LogP contribution in [0.1, 0.15) is 100.0 Å². The molecule has 5 aliphatic rings. The van der Waals surface area contributed by atoms with E-state index in [1.165, 1.54) is 34.3 Å². The fourth-order valence-electron chi connectivity index (χ4n) is 9.75. The quantitative estimate of drug-likeness (QED) is 0.0738. The number of halogens is 9. The summed E-state index contributed by atoms with van der Waals surface area (Å²) in [7, 11) is -0.448. The van der Waals surface area contributed by atoms with E-state index in [1.54, 1.807) is 50.5 Å². The lowest BCUT2D eigenvalue weighted by Gasteiger charge is -2.36. The van der Waals surface area contributed by atoms with Gasteiger partial charge in [0.2, 0.25) is 0 Å². The third kappa shape index (κ3) is 13.3. The van der Waals surface area contributed by atoms with Gasteiger partial charge < -0.3 is 27.9 Å². The van der Waals surface area contributed by atoms with Crippen molar-refractivity contribution in [2.75, 3.05) is 56.4 Å². The molecule has 0 aliphatic carbocycles. The number of fused-ring (bicyclic) bond motifs is 8. The SMILES string of the molecule is C[C@@H](CC(=O)c1nc2c(cc1Cl)N1CC[C@@H](C1)N2C(=O)Nc1cc(Br)ccn1)C(F)(F)F.Cc1ncc(-c2ccnc(NC(=O)N3c4nc(C(=O)C[C@H](C)C(F)(F)F)c(Cl)cc4N4CC[C@H]3C4)c2)o1.Cc1ncc(B2OC(C)(C)C(C)(C)O2)o1. The van der Waals surface area contributed by atoms with Gasteiger partial charge in [0, 0.05) is 75.3 Å². The van der Waals surface area contributed by atoms with E-state index >= 15 is 0 Å². The number of aromatic nitrogens is 6. The number of hydrogen-bond acceptors (Lipinski definition) is 16. The summed E-state index contributed by atoms with van der Waals surface area (Å²) in [6.07, 6.45) is -3.06. The van der Waals surface area contributed by atoms with Crippen molar-refractivity contribution >= 4 is 110 Å². The summed E-state index contributed by atoms with van der Waals surface area (Å²) >= 11 is 15.8. The van der Waals surface area contributed by atoms with E-state index in [2.05, 4.69) is 56.5 Å². The van der Waals surface area contributed by atoms with Crippen LogP contribution in [0.5, 0.6) is 0 Å². The number of carbonyl (C=O) groups is 4. The second-order valence-corrected chi connectivity index (χ2v) is 23.5. The normalized spacial score (nSPS) is 18.9. The van der Waals surface area contributed by atoms with Gasteiger partial charge >= 0.3 is 31.5 Å². The Morgan fingerprint density at radius 2 is 1.14 bits per heavy atom. The Bertz CT molecular complexity index is 3490. The Morgan fingerprint density at radius 1 is 0.690 bits per heavy atom. The summed E-state index contributed by atoms with van der Waals surface area (Å²) in [6, 6.07) is 8.17. The lowest BCUT2D eigenvalue weighted by Crippen LogP contribution is -2.48. The highest BCUT2D eigenvalue weighted by Gasteiger charge is 2.53. The van der Waals surface area contributed by atoms with Crippen LogP contribution >= 0.6 is 39.1 Å². The van der Waals surface area contributed by atoms with Crippen molar-refractivity contribution in [3.05, 3.63) is 98.9 Å². The molecule has 84 heavy (non-hydrogen) atoms. The molecule has 4 atom stereocenters. The van der Waals surface area contributed by atoms with Gasteiger partial charge in [-0.3, -0.25) is 30.0 Å². The molecule has 6 aromatic rings. The number of nitrogens with one attached hydrogen (secondary N) is 2. The molecule has 11 heterocycles. The molecule has 3 saturated heterocycles. The molecule has 11 rings (SSSR count). The number of anilines is 6. The van der Waals surface area contributed by atoms with Crippen molar-refractivity contribution < 1.29 is 63.7 Å². The van der Waals surface area contributed by atoms with Crippen LogP contribution in [-0.2, 0) is 9.31 Å². The molecular formula is C54H56BBrCl2F6N12O8. The second kappa shape index (κ2) is 23.9. The Labute approximate surface area is 496 Å². The van der Waals surface area contributed by atoms with Crippen LogP contribution < -0.4 is 35.9 Å². The number of pyridine rings is 4. The number of oxazole rings is 2. The number of nitrogens with zero attached hydrogens (tertiary/aromatic N) is 10. The van der Waals surface area contributed by atoms with Crippen LogP contribution in [0.2, 0.25) is 10.0 Å². The van der Waals surface area contributed by atoms with Crippen molar-refractivity contribution in [1.29, 1.82) is 0 Å². The summed E-state index contributed by atoms with van der Waals surface area (Å²) in [5.74, 6) is -2.82. The van der Waals surface area contributed by atoms with Gasteiger partial charge in [-0.15, -0.1) is 0 Å². The molecule has 4 amide bonds. The number of rotatable bonds is 10. The zero-order chi connectivity index (χ0) is 61.0. The van der Waals surface area contributed by atoms with Gasteiger partial charge in [-0.2, -0.15) is 26.3 Å². The zero-order valence-electron chi connectivity index (χ0n) is 46.5. The molecule has 5 aliphatic heterocycles. The van der Waals surface area contributed by atoms with Crippen LogP contribution in [0.3, 0.4) is 0 Å². The predicted molar refractivity (Wildman–Crippen MR) is 304 cm³/mol. The molecule has 3 fully saturated rings. The van der Waals surface area contributed by atoms with E-state index in [0.717, 1.165) is 18.3 Å². The summed E-state index contributed by atoms with van der Waals surface area (Å²) in [4.78, 5) is 83.8. The number of ketones is 2. The highest BCUT2D eigenvalue weighted by atomic mass is 79.9. The number of aryl methyl sites for hydroxylation is 2. The maximum atomic E-state index is 13.5. The third-order valence-corrected chi connectivity index (χ3v) is 16.2. The average molecular weight is 1280 g/mol. The number of alkyl halides is 6. The van der Waals surface area contributed by atoms with Gasteiger partial charge in [0.25, 0.3) is 0 Å². The smallest absolute Gasteiger partial charge is 0.450 e. The molecule has 0 saturated carbocycles. The van der Waals surface area contributed by atoms with E-state index in [9.17, 15) is 45.5 Å². The van der Waals surface area contributed by atoms with E-state index in [4.69, 9.17) is 41.3 Å². The van der Waals surface area contributed by atoms with Crippen LogP contribution in [0.15, 0.2) is 74.5 Å². The van der Waals surface area contributed by atoms with Crippen molar-refractivity contribution in [1.82, 2.24) is 29.9 Å². The van der Waals surface area contributed by atoms with Gasteiger partial charge in [0.15, 0.2) is 46.4 Å². The standard InChI is InChI=1S/C24H22ClF3N6O3.C20H18BrClF3N5O2.C10H16BNO3/c1-12(24(26,27)28)7-18(35)21-16(25)9-17-22(32-21)34(15-4-6-33(17)11-15)23(36)31-20-8-14(3-5-29-20)19-10-30-13(2)37-19;1-10(20(23,24)25)6-15(31)17-13(22)8-14-18(28-17)30(12-3-5-29(14)9-12)19(32)27-16-7-11(21)2-4-26-16;1-7-12-6-8(13-7)11-14-9(2,3)10(4,5)15-11/h3,5,8-10,12,15H,4,6-7,11H2,1-2H3,(H,29,31,36);2,4,7-8,10,12H,3,5-6,9H2,1H3,(H,26,27,32);6H,1-5H3/t12-,15-;10-,12-;/m00./s1. The van der Waals surface area contributed by atoms with Gasteiger partial charge in [-0.1, -0.05) is 53.0 Å². The molecule has 446 valence electrons. The molecule has 0 aromatic carbocycles. The number of hydrogen-bond donors (Lipinski definition) is 2. The minimum absolute atomic E-state index is 0.0394. The molecule has 4 bridgehead atoms. The number of Topliss-reactive ketones (excluding diaryl/α,β-unsaturated/α-hetero) is 2. The lowest BCUT2D eigenvalue weighted by molar-refractivity contribution is -0.169. The third-order valence-electron chi connectivity index (χ3n) is 15.1. The van der Waals surface area contributed by atoms with Crippen LogP contribution in [0.4, 0.5) is 70.6 Å². The highest BCUT2D eigenvalue weighted by Crippen LogP contribution is 2.44. The van der Waals surface area contributed by atoms with E-state index < -0.39 is 67.8 Å². The Balaban J connectivity index is 0.000000164. The second-order valence-electron chi connectivity index (χ2n) is 21.7. The van der Waals surface area contributed by atoms with Gasteiger partial charge in [0.05, 0.1) is 68.9 Å². The molecular weight excluding hydrogens is 1220 g/mol. The zero-order valence-corrected chi connectivity index (χ0v) is 49.6. The van der Waals surface area contributed by atoms with E-state index in [-0.39, 0.29) is 62.2 Å². The Morgan fingerprint density at radius 3 is 1.57 bits per heavy atom. The fraction of sp³-hybridized carbons (Fsp3) is 0.444. The Hall–Kier alpha value is -6.88. The molecule has 6 aromatic heterocycles. The number of amides is 4. The fourth-order valence-corrected chi connectivity index (χ4v) is 10.6. The average Bonchev–Trinajstić information content (AvgIpc) is 1.78. The number of carbonyl (C=O) groups excluding carboxylic acids is 4. The minimum Gasteiger partial charge on any atom is -0.450 e. The molecule has 0 radical (unpaired) electrons. The summed E-state index contributed by atoms with van der Waals surface area (Å²) in [5.41, 5.74) is 1.14. The first-order valence-electron chi connectivity index (χ1n) is 26.5. The molecule has 30 heteroatoms. The minimum atomic E-state index is -4.53. The van der Waals surface area contributed by atoms with Crippen molar-refractivity contribution in [2.24, 2.45) is 11.8 Å². The highest BCUT2D eigenvalue weighted by molar-refractivity contribution is 9.10. The Kier molecular flexibility index (Phi) is 17.5. The van der Waals surface area contributed by atoms with Gasteiger partial charge in [0.1, 0.15) is 23.0 Å².